The molecule has 21 heavy (non-hydrogen) atoms. The first-order valence-corrected chi connectivity index (χ1v) is 6.72. The van der Waals surface area contributed by atoms with Crippen LogP contribution in [0, 0.1) is 0 Å². The summed E-state index contributed by atoms with van der Waals surface area (Å²) in [5, 5.41) is 0. The summed E-state index contributed by atoms with van der Waals surface area (Å²) in [6, 6.07) is 8.83. The Kier molecular flexibility index (Phi) is 6.87. The predicted octanol–water partition coefficient (Wildman–Crippen LogP) is 2.16. The second-order valence-electron chi connectivity index (χ2n) is 4.05. The summed E-state index contributed by atoms with van der Waals surface area (Å²) in [5.74, 6) is -2.13. The topological polar surface area (TPSA) is 69.7 Å². The molecule has 0 amide bonds. The van der Waals surface area contributed by atoms with Crippen molar-refractivity contribution in [2.75, 3.05) is 13.2 Å². The first-order chi connectivity index (χ1) is 10.1. The average molecular weight is 290 g/mol. The van der Waals surface area contributed by atoms with Gasteiger partial charge in [0.15, 0.2) is 0 Å². The van der Waals surface area contributed by atoms with Crippen LogP contribution in [-0.4, -0.2) is 30.9 Å². The van der Waals surface area contributed by atoms with Crippen molar-refractivity contribution in [3.63, 3.8) is 0 Å². The van der Waals surface area contributed by atoms with Gasteiger partial charge in [-0.25, -0.2) is 9.59 Å². The van der Waals surface area contributed by atoms with Crippen LogP contribution in [0.5, 0.6) is 0 Å². The van der Waals surface area contributed by atoms with Crippen LogP contribution < -0.4 is 0 Å². The molecule has 5 nitrogen and oxygen atoms in total. The zero-order chi connectivity index (χ0) is 15.7. The molecule has 112 valence electrons. The van der Waals surface area contributed by atoms with Crippen molar-refractivity contribution in [1.82, 2.24) is 0 Å². The summed E-state index contributed by atoms with van der Waals surface area (Å²) in [6.07, 6.45) is 1.19. The molecule has 1 rings (SSSR count). The first kappa shape index (κ1) is 16.6. The van der Waals surface area contributed by atoms with E-state index in [-0.39, 0.29) is 25.2 Å². The third-order valence-electron chi connectivity index (χ3n) is 2.57. The quantitative estimate of drug-likeness (QED) is 0.437. The molecular formula is C16H18O5. The molecule has 5 heteroatoms. The smallest absolute Gasteiger partial charge is 0.374 e. The third-order valence-corrected chi connectivity index (χ3v) is 2.57. The highest BCUT2D eigenvalue weighted by Gasteiger charge is 2.17. The number of allylic oxidation sites excluding steroid dienone is 1. The Labute approximate surface area is 123 Å². The van der Waals surface area contributed by atoms with Crippen molar-refractivity contribution in [2.24, 2.45) is 0 Å². The molecule has 0 fully saturated rings. The fourth-order valence-corrected chi connectivity index (χ4v) is 1.64. The Bertz CT molecular complexity index is 531. The number of rotatable bonds is 7. The largest absolute Gasteiger partial charge is 0.462 e. The number of esters is 2. The summed E-state index contributed by atoms with van der Waals surface area (Å²) in [6.45, 7) is 3.69. The van der Waals surface area contributed by atoms with Gasteiger partial charge in [-0.3, -0.25) is 4.79 Å². The third kappa shape index (κ3) is 5.22. The van der Waals surface area contributed by atoms with Crippen LogP contribution >= 0.6 is 0 Å². The van der Waals surface area contributed by atoms with Gasteiger partial charge in [0.25, 0.3) is 0 Å². The molecule has 0 spiro atoms. The minimum absolute atomic E-state index is 0.137. The molecule has 1 aromatic carbocycles. The Morgan fingerprint density at radius 2 is 1.52 bits per heavy atom. The van der Waals surface area contributed by atoms with E-state index in [0.29, 0.717) is 5.56 Å². The van der Waals surface area contributed by atoms with Gasteiger partial charge in [-0.1, -0.05) is 36.4 Å². The second-order valence-corrected chi connectivity index (χ2v) is 4.05. The number of benzene rings is 1. The maximum Gasteiger partial charge on any atom is 0.374 e. The highest BCUT2D eigenvalue weighted by atomic mass is 16.5. The van der Waals surface area contributed by atoms with E-state index in [1.165, 1.54) is 6.08 Å². The van der Waals surface area contributed by atoms with E-state index in [1.54, 1.807) is 38.1 Å². The molecule has 0 aromatic heterocycles. The van der Waals surface area contributed by atoms with Crippen LogP contribution in [0.15, 0.2) is 36.4 Å². The Morgan fingerprint density at radius 1 is 0.952 bits per heavy atom. The van der Waals surface area contributed by atoms with E-state index in [2.05, 4.69) is 4.74 Å². The molecule has 0 heterocycles. The lowest BCUT2D eigenvalue weighted by atomic mass is 10.0. The van der Waals surface area contributed by atoms with E-state index in [0.717, 1.165) is 0 Å². The minimum Gasteiger partial charge on any atom is -0.462 e. The van der Waals surface area contributed by atoms with Gasteiger partial charge in [0.2, 0.25) is 5.78 Å². The first-order valence-electron chi connectivity index (χ1n) is 6.72. The van der Waals surface area contributed by atoms with Gasteiger partial charge in [-0.05, 0) is 19.4 Å². The van der Waals surface area contributed by atoms with E-state index < -0.39 is 17.7 Å². The summed E-state index contributed by atoms with van der Waals surface area (Å²) in [5.41, 5.74) is 0.891. The summed E-state index contributed by atoms with van der Waals surface area (Å²) >= 11 is 0. The number of Topliss-reactive ketones (excluding diaryl/α,β-unsaturated/α-hetero) is 1. The molecule has 0 aliphatic rings. The monoisotopic (exact) mass is 290 g/mol. The highest BCUT2D eigenvalue weighted by Crippen LogP contribution is 2.17. The lowest BCUT2D eigenvalue weighted by Crippen LogP contribution is -2.17. The number of carbonyl (C=O) groups is 3. The van der Waals surface area contributed by atoms with E-state index in [4.69, 9.17) is 4.74 Å². The zero-order valence-corrected chi connectivity index (χ0v) is 12.1. The molecule has 0 aliphatic carbocycles. The van der Waals surface area contributed by atoms with Crippen molar-refractivity contribution < 1.29 is 23.9 Å². The van der Waals surface area contributed by atoms with Gasteiger partial charge in [-0.2, -0.15) is 0 Å². The molecule has 1 aromatic rings. The number of hydrogen-bond donors (Lipinski definition) is 0. The molecule has 0 saturated heterocycles. The standard InChI is InChI=1S/C16H18O5/c1-3-20-15(18)13(12-8-6-5-7-9-12)10-11-14(17)16(19)21-4-2/h5-10H,3-4,11H2,1-2H3. The van der Waals surface area contributed by atoms with Gasteiger partial charge in [0, 0.05) is 6.42 Å². The Morgan fingerprint density at radius 3 is 2.10 bits per heavy atom. The molecule has 0 aliphatic heterocycles. The summed E-state index contributed by atoms with van der Waals surface area (Å²) in [4.78, 5) is 34.8. The maximum atomic E-state index is 11.9. The van der Waals surface area contributed by atoms with Crippen LogP contribution in [-0.2, 0) is 23.9 Å². The fourth-order valence-electron chi connectivity index (χ4n) is 1.64. The van der Waals surface area contributed by atoms with Crippen molar-refractivity contribution >= 4 is 23.3 Å². The van der Waals surface area contributed by atoms with Crippen LogP contribution in [0.2, 0.25) is 0 Å². The molecule has 0 saturated carbocycles. The van der Waals surface area contributed by atoms with Gasteiger partial charge < -0.3 is 9.47 Å². The highest BCUT2D eigenvalue weighted by molar-refractivity contribution is 6.34. The lowest BCUT2D eigenvalue weighted by Gasteiger charge is -2.07. The van der Waals surface area contributed by atoms with E-state index in [9.17, 15) is 14.4 Å². The van der Waals surface area contributed by atoms with Crippen LogP contribution in [0.25, 0.3) is 5.57 Å². The molecule has 0 radical (unpaired) electrons. The Balaban J connectivity index is 2.92. The maximum absolute atomic E-state index is 11.9. The fraction of sp³-hybridized carbons (Fsp3) is 0.312. The summed E-state index contributed by atoms with van der Waals surface area (Å²) in [7, 11) is 0. The second kappa shape index (κ2) is 8.68. The van der Waals surface area contributed by atoms with Crippen LogP contribution in [0.3, 0.4) is 0 Å². The van der Waals surface area contributed by atoms with E-state index in [1.807, 2.05) is 6.07 Å². The number of ether oxygens (including phenoxy) is 2. The van der Waals surface area contributed by atoms with Crippen molar-refractivity contribution in [2.45, 2.75) is 20.3 Å². The van der Waals surface area contributed by atoms with Gasteiger partial charge in [0.05, 0.1) is 18.8 Å². The SMILES string of the molecule is CCOC(=O)C(=O)CC=C(C(=O)OCC)c1ccccc1. The molecule has 0 atom stereocenters. The molecule has 0 N–H and O–H groups in total. The van der Waals surface area contributed by atoms with Gasteiger partial charge >= 0.3 is 11.9 Å². The van der Waals surface area contributed by atoms with Crippen LogP contribution in [0.4, 0.5) is 0 Å². The Hall–Kier alpha value is -2.43. The van der Waals surface area contributed by atoms with Gasteiger partial charge in [-0.15, -0.1) is 0 Å². The lowest BCUT2D eigenvalue weighted by molar-refractivity contribution is -0.153. The molecule has 0 bridgehead atoms. The number of ketones is 1. The van der Waals surface area contributed by atoms with Gasteiger partial charge in [0.1, 0.15) is 0 Å². The van der Waals surface area contributed by atoms with Crippen molar-refractivity contribution in [1.29, 1.82) is 0 Å². The summed E-state index contributed by atoms with van der Waals surface area (Å²) < 4.78 is 9.58. The van der Waals surface area contributed by atoms with Crippen molar-refractivity contribution in [3.05, 3.63) is 42.0 Å². The van der Waals surface area contributed by atoms with Crippen LogP contribution in [0.1, 0.15) is 25.8 Å². The molecule has 0 unspecified atom stereocenters. The minimum atomic E-state index is -0.898. The average Bonchev–Trinajstić information content (AvgIpc) is 2.49. The zero-order valence-electron chi connectivity index (χ0n) is 12.1. The number of carbonyl (C=O) groups excluding carboxylic acids is 3. The predicted molar refractivity (Wildman–Crippen MR) is 77.3 cm³/mol. The normalized spacial score (nSPS) is 10.9. The van der Waals surface area contributed by atoms with Crippen molar-refractivity contribution in [3.8, 4) is 0 Å². The van der Waals surface area contributed by atoms with E-state index >= 15 is 0 Å². The molecular weight excluding hydrogens is 272 g/mol. The number of hydrogen-bond acceptors (Lipinski definition) is 5.